The summed E-state index contributed by atoms with van der Waals surface area (Å²) in [6.45, 7) is 0. The van der Waals surface area contributed by atoms with Gasteiger partial charge in [-0.15, -0.1) is 11.6 Å². The average Bonchev–Trinajstić information content (AvgIpc) is 2.33. The standard InChI is InChI=1S/C6H5Cl2N.C5H5N/c7-3-5-1-2-6(8)9-4-5;1-2-4-6-5-3-1/h1-2,4H,3H2;1-5H. The fourth-order valence-corrected chi connectivity index (χ4v) is 1.07. The number of alkyl halides is 1. The molecule has 0 fully saturated rings. The van der Waals surface area contributed by atoms with Crippen LogP contribution in [0.5, 0.6) is 0 Å². The van der Waals surface area contributed by atoms with Crippen molar-refractivity contribution >= 4 is 23.2 Å². The Labute approximate surface area is 98.9 Å². The molecule has 0 amide bonds. The van der Waals surface area contributed by atoms with E-state index in [1.807, 2.05) is 24.3 Å². The molecule has 2 aromatic heterocycles. The van der Waals surface area contributed by atoms with Crippen LogP contribution in [0.4, 0.5) is 0 Å². The molecule has 0 unspecified atom stereocenters. The molecule has 0 bridgehead atoms. The number of aromatic nitrogens is 2. The summed E-state index contributed by atoms with van der Waals surface area (Å²) in [6, 6.07) is 9.29. The van der Waals surface area contributed by atoms with Gasteiger partial charge in [0, 0.05) is 24.5 Å². The van der Waals surface area contributed by atoms with Crippen LogP contribution in [-0.2, 0) is 5.88 Å². The van der Waals surface area contributed by atoms with E-state index in [2.05, 4.69) is 9.97 Å². The van der Waals surface area contributed by atoms with E-state index < -0.39 is 0 Å². The maximum atomic E-state index is 5.51. The van der Waals surface area contributed by atoms with Crippen molar-refractivity contribution in [2.45, 2.75) is 5.88 Å². The molecule has 0 aliphatic heterocycles. The SMILES string of the molecule is ClCc1ccc(Cl)nc1.c1ccncc1. The van der Waals surface area contributed by atoms with Crippen molar-refractivity contribution in [1.29, 1.82) is 0 Å². The van der Waals surface area contributed by atoms with Crippen LogP contribution in [0.2, 0.25) is 5.15 Å². The molecule has 2 aromatic rings. The lowest BCUT2D eigenvalue weighted by molar-refractivity contribution is 1.25. The Hall–Kier alpha value is -1.12. The van der Waals surface area contributed by atoms with Gasteiger partial charge in [-0.3, -0.25) is 4.98 Å². The minimum absolute atomic E-state index is 0.490. The van der Waals surface area contributed by atoms with Gasteiger partial charge in [0.25, 0.3) is 0 Å². The minimum atomic E-state index is 0.490. The molecule has 78 valence electrons. The quantitative estimate of drug-likeness (QED) is 0.563. The van der Waals surface area contributed by atoms with E-state index in [9.17, 15) is 0 Å². The molecule has 2 heterocycles. The molecule has 2 rings (SSSR count). The summed E-state index contributed by atoms with van der Waals surface area (Å²) in [5, 5.41) is 0.504. The number of hydrogen-bond acceptors (Lipinski definition) is 2. The van der Waals surface area contributed by atoms with Crippen molar-refractivity contribution in [3.63, 3.8) is 0 Å². The molecular weight excluding hydrogens is 231 g/mol. The third-order valence-corrected chi connectivity index (χ3v) is 2.04. The fraction of sp³-hybridized carbons (Fsp3) is 0.0909. The predicted octanol–water partition coefficient (Wildman–Crippen LogP) is 3.56. The smallest absolute Gasteiger partial charge is 0.129 e. The summed E-state index contributed by atoms with van der Waals surface area (Å²) >= 11 is 11.0. The lowest BCUT2D eigenvalue weighted by atomic mass is 10.3. The van der Waals surface area contributed by atoms with E-state index in [-0.39, 0.29) is 0 Å². The Morgan fingerprint density at radius 3 is 2.13 bits per heavy atom. The normalized spacial score (nSPS) is 8.93. The summed E-state index contributed by atoms with van der Waals surface area (Å²) < 4.78 is 0. The molecule has 0 saturated heterocycles. The van der Waals surface area contributed by atoms with Gasteiger partial charge in [-0.1, -0.05) is 23.7 Å². The second-order valence-corrected chi connectivity index (χ2v) is 3.30. The van der Waals surface area contributed by atoms with Crippen LogP contribution in [0.15, 0.2) is 48.9 Å². The summed E-state index contributed by atoms with van der Waals surface area (Å²) in [4.78, 5) is 7.62. The van der Waals surface area contributed by atoms with Crippen molar-refractivity contribution in [2.24, 2.45) is 0 Å². The lowest BCUT2D eigenvalue weighted by Crippen LogP contribution is -1.78. The summed E-state index contributed by atoms with van der Waals surface area (Å²) in [6.07, 6.45) is 5.16. The number of nitrogens with zero attached hydrogens (tertiary/aromatic N) is 2. The van der Waals surface area contributed by atoms with E-state index in [1.54, 1.807) is 24.7 Å². The lowest BCUT2D eigenvalue weighted by Gasteiger charge is -1.91. The van der Waals surface area contributed by atoms with Crippen molar-refractivity contribution in [3.8, 4) is 0 Å². The van der Waals surface area contributed by atoms with Crippen LogP contribution in [0.3, 0.4) is 0 Å². The maximum absolute atomic E-state index is 5.51. The molecule has 0 aliphatic carbocycles. The molecule has 0 aliphatic rings. The fourth-order valence-electron chi connectivity index (χ4n) is 0.798. The van der Waals surface area contributed by atoms with E-state index in [0.717, 1.165) is 5.56 Å². The van der Waals surface area contributed by atoms with Crippen LogP contribution in [0, 0.1) is 0 Å². The molecule has 2 nitrogen and oxygen atoms in total. The third kappa shape index (κ3) is 5.35. The van der Waals surface area contributed by atoms with Gasteiger partial charge in [-0.2, -0.15) is 0 Å². The van der Waals surface area contributed by atoms with Crippen LogP contribution in [0.25, 0.3) is 0 Å². The Morgan fingerprint density at radius 2 is 1.80 bits per heavy atom. The highest BCUT2D eigenvalue weighted by molar-refractivity contribution is 6.29. The molecule has 0 atom stereocenters. The van der Waals surface area contributed by atoms with Gasteiger partial charge in [0.05, 0.1) is 0 Å². The van der Waals surface area contributed by atoms with Gasteiger partial charge >= 0.3 is 0 Å². The first-order chi connectivity index (χ1) is 7.33. The summed E-state index contributed by atoms with van der Waals surface area (Å²) in [7, 11) is 0. The largest absolute Gasteiger partial charge is 0.265 e. The van der Waals surface area contributed by atoms with E-state index in [1.165, 1.54) is 0 Å². The molecule has 4 heteroatoms. The van der Waals surface area contributed by atoms with Crippen LogP contribution in [0.1, 0.15) is 5.56 Å². The van der Waals surface area contributed by atoms with Gasteiger partial charge < -0.3 is 0 Å². The van der Waals surface area contributed by atoms with Crippen molar-refractivity contribution in [2.75, 3.05) is 0 Å². The first-order valence-electron chi connectivity index (χ1n) is 4.34. The summed E-state index contributed by atoms with van der Waals surface area (Å²) in [5.74, 6) is 0.490. The second kappa shape index (κ2) is 7.21. The zero-order valence-corrected chi connectivity index (χ0v) is 9.49. The highest BCUT2D eigenvalue weighted by Gasteiger charge is 1.88. The third-order valence-electron chi connectivity index (χ3n) is 1.51. The Kier molecular flexibility index (Phi) is 5.74. The van der Waals surface area contributed by atoms with Gasteiger partial charge in [-0.05, 0) is 23.8 Å². The Balaban J connectivity index is 0.000000162. The Morgan fingerprint density at radius 1 is 1.07 bits per heavy atom. The number of rotatable bonds is 1. The highest BCUT2D eigenvalue weighted by atomic mass is 35.5. The number of hydrogen-bond donors (Lipinski definition) is 0. The first kappa shape index (κ1) is 12.0. The van der Waals surface area contributed by atoms with Crippen molar-refractivity contribution in [1.82, 2.24) is 9.97 Å². The van der Waals surface area contributed by atoms with Gasteiger partial charge in [0.1, 0.15) is 5.15 Å². The highest BCUT2D eigenvalue weighted by Crippen LogP contribution is 2.06. The molecule has 15 heavy (non-hydrogen) atoms. The zero-order chi connectivity index (χ0) is 10.9. The number of pyridine rings is 2. The monoisotopic (exact) mass is 240 g/mol. The molecule has 0 saturated carbocycles. The maximum Gasteiger partial charge on any atom is 0.129 e. The van der Waals surface area contributed by atoms with Crippen molar-refractivity contribution in [3.05, 3.63) is 59.6 Å². The van der Waals surface area contributed by atoms with E-state index in [4.69, 9.17) is 23.2 Å². The molecule has 0 radical (unpaired) electrons. The topological polar surface area (TPSA) is 25.8 Å². The van der Waals surface area contributed by atoms with Gasteiger partial charge in [0.2, 0.25) is 0 Å². The number of halogens is 2. The van der Waals surface area contributed by atoms with Gasteiger partial charge in [-0.25, -0.2) is 4.98 Å². The summed E-state index contributed by atoms with van der Waals surface area (Å²) in [5.41, 5.74) is 0.987. The average molecular weight is 241 g/mol. The first-order valence-corrected chi connectivity index (χ1v) is 5.25. The zero-order valence-electron chi connectivity index (χ0n) is 7.98. The Bertz CT molecular complexity index is 335. The van der Waals surface area contributed by atoms with Crippen LogP contribution < -0.4 is 0 Å². The second-order valence-electron chi connectivity index (χ2n) is 2.65. The molecule has 0 N–H and O–H groups in total. The van der Waals surface area contributed by atoms with E-state index in [0.29, 0.717) is 11.0 Å². The molecule has 0 spiro atoms. The van der Waals surface area contributed by atoms with Crippen LogP contribution in [-0.4, -0.2) is 9.97 Å². The van der Waals surface area contributed by atoms with Crippen molar-refractivity contribution < 1.29 is 0 Å². The van der Waals surface area contributed by atoms with Crippen LogP contribution >= 0.6 is 23.2 Å². The molecule has 0 aromatic carbocycles. The minimum Gasteiger partial charge on any atom is -0.265 e. The van der Waals surface area contributed by atoms with Gasteiger partial charge in [0.15, 0.2) is 0 Å². The molecular formula is C11H10Cl2N2. The predicted molar refractivity (Wildman–Crippen MR) is 63.0 cm³/mol. The van der Waals surface area contributed by atoms with E-state index >= 15 is 0 Å².